The molecule has 0 radical (unpaired) electrons. The van der Waals surface area contributed by atoms with Crippen LogP contribution < -0.4 is 5.32 Å². The molecule has 0 spiro atoms. The fraction of sp³-hybridized carbons (Fsp3) is 0.0833. The monoisotopic (exact) mass is 407 g/mol. The van der Waals surface area contributed by atoms with Crippen molar-refractivity contribution in [2.24, 2.45) is 0 Å². The summed E-state index contributed by atoms with van der Waals surface area (Å²) in [6, 6.07) is 9.05. The molecule has 0 saturated heterocycles. The maximum atomic E-state index is 11.9. The third kappa shape index (κ3) is 3.57. The maximum absolute atomic E-state index is 11.9. The summed E-state index contributed by atoms with van der Waals surface area (Å²) >= 11 is 14.2. The predicted octanol–water partition coefficient (Wildman–Crippen LogP) is 4.86. The zero-order valence-corrected chi connectivity index (χ0v) is 13.8. The van der Waals surface area contributed by atoms with Crippen molar-refractivity contribution in [2.45, 2.75) is 6.54 Å². The number of hydrogen-bond donors (Lipinski definition) is 1. The van der Waals surface area contributed by atoms with Crippen molar-refractivity contribution in [2.75, 3.05) is 0 Å². The number of benzene rings is 1. The van der Waals surface area contributed by atoms with E-state index in [0.29, 0.717) is 17.1 Å². The van der Waals surface area contributed by atoms with Crippen molar-refractivity contribution in [3.63, 3.8) is 0 Å². The van der Waals surface area contributed by atoms with Gasteiger partial charge in [0.1, 0.15) is 0 Å². The van der Waals surface area contributed by atoms with Crippen molar-refractivity contribution in [1.29, 1.82) is 0 Å². The van der Waals surface area contributed by atoms with Gasteiger partial charge in [0.2, 0.25) is 0 Å². The molecular formula is C12H8Br2ClNOS. The van der Waals surface area contributed by atoms with E-state index in [4.69, 9.17) is 11.6 Å². The zero-order chi connectivity index (χ0) is 13.1. The van der Waals surface area contributed by atoms with E-state index in [1.807, 2.05) is 12.1 Å². The molecule has 2 aromatic rings. The highest BCUT2D eigenvalue weighted by molar-refractivity contribution is 9.11. The van der Waals surface area contributed by atoms with Gasteiger partial charge >= 0.3 is 0 Å². The molecule has 2 rings (SSSR count). The lowest BCUT2D eigenvalue weighted by molar-refractivity contribution is 0.0951. The van der Waals surface area contributed by atoms with E-state index in [-0.39, 0.29) is 5.91 Å². The SMILES string of the molecule is O=C(NCc1ccc(Br)s1)c1ccc(Cl)c(Br)c1. The second-order valence-corrected chi connectivity index (χ2v) is 7.33. The van der Waals surface area contributed by atoms with Gasteiger partial charge in [-0.2, -0.15) is 0 Å². The standard InChI is InChI=1S/C12H8Br2ClNOS/c13-9-5-7(1-3-10(9)15)12(17)16-6-8-2-4-11(14)18-8/h1-5H,6H2,(H,16,17). The first-order chi connectivity index (χ1) is 8.56. The first-order valence-electron chi connectivity index (χ1n) is 5.04. The van der Waals surface area contributed by atoms with Crippen LogP contribution in [-0.4, -0.2) is 5.91 Å². The molecule has 1 heterocycles. The molecule has 0 bridgehead atoms. The minimum atomic E-state index is -0.114. The van der Waals surface area contributed by atoms with Crippen molar-refractivity contribution in [3.05, 3.63) is 54.1 Å². The van der Waals surface area contributed by atoms with Crippen LogP contribution >= 0.6 is 54.8 Å². The summed E-state index contributed by atoms with van der Waals surface area (Å²) in [5, 5.41) is 3.45. The van der Waals surface area contributed by atoms with Gasteiger partial charge in [-0.3, -0.25) is 4.79 Å². The van der Waals surface area contributed by atoms with Gasteiger partial charge in [-0.25, -0.2) is 0 Å². The second kappa shape index (κ2) is 6.19. The van der Waals surface area contributed by atoms with Crippen molar-refractivity contribution < 1.29 is 4.79 Å². The summed E-state index contributed by atoms with van der Waals surface area (Å²) in [6.07, 6.45) is 0. The number of rotatable bonds is 3. The fourth-order valence-electron chi connectivity index (χ4n) is 1.35. The molecule has 6 heteroatoms. The van der Waals surface area contributed by atoms with Crippen molar-refractivity contribution in [1.82, 2.24) is 5.32 Å². The van der Waals surface area contributed by atoms with Crippen LogP contribution in [0.4, 0.5) is 0 Å². The molecule has 2 nitrogen and oxygen atoms in total. The highest BCUT2D eigenvalue weighted by Crippen LogP contribution is 2.24. The molecule has 0 aliphatic carbocycles. The largest absolute Gasteiger partial charge is 0.347 e. The lowest BCUT2D eigenvalue weighted by Crippen LogP contribution is -2.22. The summed E-state index contributed by atoms with van der Waals surface area (Å²) in [4.78, 5) is 13.0. The van der Waals surface area contributed by atoms with Gasteiger partial charge in [-0.1, -0.05) is 11.6 Å². The average Bonchev–Trinajstić information content (AvgIpc) is 2.75. The van der Waals surface area contributed by atoms with Gasteiger partial charge in [0.05, 0.1) is 15.4 Å². The van der Waals surface area contributed by atoms with E-state index >= 15 is 0 Å². The van der Waals surface area contributed by atoms with Gasteiger partial charge in [0, 0.05) is 14.9 Å². The molecule has 0 fully saturated rings. The van der Waals surface area contributed by atoms with Crippen LogP contribution in [0.3, 0.4) is 0 Å². The van der Waals surface area contributed by atoms with E-state index in [1.165, 1.54) is 0 Å². The molecule has 94 valence electrons. The summed E-state index contributed by atoms with van der Waals surface area (Å²) in [5.74, 6) is -0.114. The van der Waals surface area contributed by atoms with Crippen LogP contribution in [0, 0.1) is 0 Å². The van der Waals surface area contributed by atoms with Crippen LogP contribution in [0.15, 0.2) is 38.6 Å². The Bertz CT molecular complexity index is 585. The molecule has 1 aromatic heterocycles. The Morgan fingerprint density at radius 3 is 2.67 bits per heavy atom. The summed E-state index contributed by atoms with van der Waals surface area (Å²) in [5.41, 5.74) is 0.585. The Labute approximate surface area is 131 Å². The van der Waals surface area contributed by atoms with Crippen LogP contribution in [0.25, 0.3) is 0 Å². The van der Waals surface area contributed by atoms with Gasteiger partial charge in [0.25, 0.3) is 5.91 Å². The van der Waals surface area contributed by atoms with Gasteiger partial charge < -0.3 is 5.32 Å². The van der Waals surface area contributed by atoms with Crippen LogP contribution in [-0.2, 0) is 6.54 Å². The van der Waals surface area contributed by atoms with Gasteiger partial charge in [-0.05, 0) is 62.2 Å². The van der Waals surface area contributed by atoms with E-state index in [2.05, 4.69) is 37.2 Å². The minimum Gasteiger partial charge on any atom is -0.347 e. The molecule has 1 aromatic carbocycles. The highest BCUT2D eigenvalue weighted by Gasteiger charge is 2.08. The molecular weight excluding hydrogens is 401 g/mol. The molecule has 0 saturated carbocycles. The Kier molecular flexibility index (Phi) is 4.84. The number of carbonyl (C=O) groups excluding carboxylic acids is 1. The van der Waals surface area contributed by atoms with E-state index in [9.17, 15) is 4.79 Å². The minimum absolute atomic E-state index is 0.114. The van der Waals surface area contributed by atoms with E-state index in [0.717, 1.165) is 13.1 Å². The number of carbonyl (C=O) groups is 1. The van der Waals surface area contributed by atoms with Crippen molar-refractivity contribution >= 4 is 60.7 Å². The normalized spacial score (nSPS) is 10.4. The number of amides is 1. The van der Waals surface area contributed by atoms with Gasteiger partial charge in [-0.15, -0.1) is 11.3 Å². The third-order valence-corrected chi connectivity index (χ3v) is 5.07. The van der Waals surface area contributed by atoms with E-state index < -0.39 is 0 Å². The van der Waals surface area contributed by atoms with Crippen LogP contribution in [0.1, 0.15) is 15.2 Å². The number of nitrogens with one attached hydrogen (secondary N) is 1. The number of halogens is 3. The zero-order valence-electron chi connectivity index (χ0n) is 9.04. The first-order valence-corrected chi connectivity index (χ1v) is 7.82. The van der Waals surface area contributed by atoms with Crippen LogP contribution in [0.2, 0.25) is 5.02 Å². The highest BCUT2D eigenvalue weighted by atomic mass is 79.9. The molecule has 0 aliphatic heterocycles. The summed E-state index contributed by atoms with van der Waals surface area (Å²) < 4.78 is 1.77. The maximum Gasteiger partial charge on any atom is 0.251 e. The Morgan fingerprint density at radius 1 is 1.28 bits per heavy atom. The molecule has 0 aliphatic rings. The van der Waals surface area contributed by atoms with Crippen LogP contribution in [0.5, 0.6) is 0 Å². The van der Waals surface area contributed by atoms with E-state index in [1.54, 1.807) is 29.5 Å². The summed E-state index contributed by atoms with van der Waals surface area (Å²) in [6.45, 7) is 0.523. The quantitative estimate of drug-likeness (QED) is 0.771. The first kappa shape index (κ1) is 14.1. The molecule has 1 N–H and O–H groups in total. The van der Waals surface area contributed by atoms with Crippen molar-refractivity contribution in [3.8, 4) is 0 Å². The molecule has 18 heavy (non-hydrogen) atoms. The number of thiophene rings is 1. The third-order valence-electron chi connectivity index (χ3n) is 2.23. The fourth-order valence-corrected chi connectivity index (χ4v) is 3.27. The average molecular weight is 410 g/mol. The molecule has 0 unspecified atom stereocenters. The Hall–Kier alpha value is -0.360. The Balaban J connectivity index is 2.01. The van der Waals surface area contributed by atoms with Gasteiger partial charge in [0.15, 0.2) is 0 Å². The lowest BCUT2D eigenvalue weighted by Gasteiger charge is -2.04. The number of hydrogen-bond acceptors (Lipinski definition) is 2. The molecule has 0 atom stereocenters. The summed E-state index contributed by atoms with van der Waals surface area (Å²) in [7, 11) is 0. The predicted molar refractivity (Wildman–Crippen MR) is 82.3 cm³/mol. The Morgan fingerprint density at radius 2 is 2.06 bits per heavy atom. The topological polar surface area (TPSA) is 29.1 Å². The smallest absolute Gasteiger partial charge is 0.251 e. The lowest BCUT2D eigenvalue weighted by atomic mass is 10.2. The molecule has 1 amide bonds. The second-order valence-electron chi connectivity index (χ2n) is 3.52.